The fourth-order valence-electron chi connectivity index (χ4n) is 1.44. The van der Waals surface area contributed by atoms with E-state index < -0.39 is 6.67 Å². The summed E-state index contributed by atoms with van der Waals surface area (Å²) in [5.41, 5.74) is 0.749. The molecule has 0 amide bonds. The van der Waals surface area contributed by atoms with Gasteiger partial charge in [0, 0.05) is 4.47 Å². The van der Waals surface area contributed by atoms with Gasteiger partial charge in [-0.15, -0.1) is 0 Å². The molecule has 0 nitrogen and oxygen atoms in total. The molecular formula is C11H8BrF. The van der Waals surface area contributed by atoms with Crippen molar-refractivity contribution < 1.29 is 4.39 Å². The van der Waals surface area contributed by atoms with Crippen LogP contribution in [0.1, 0.15) is 5.56 Å². The van der Waals surface area contributed by atoms with E-state index in [-0.39, 0.29) is 0 Å². The van der Waals surface area contributed by atoms with Gasteiger partial charge in [-0.2, -0.15) is 0 Å². The minimum Gasteiger partial charge on any atom is -0.246 e. The first kappa shape index (κ1) is 8.70. The SMILES string of the molecule is FCc1ccc(Br)c2ccccc12. The highest BCUT2D eigenvalue weighted by Gasteiger charge is 2.02. The normalized spacial score (nSPS) is 10.6. The van der Waals surface area contributed by atoms with Gasteiger partial charge in [0.1, 0.15) is 6.67 Å². The van der Waals surface area contributed by atoms with Crippen molar-refractivity contribution in [3.63, 3.8) is 0 Å². The molecule has 0 fully saturated rings. The topological polar surface area (TPSA) is 0 Å². The highest BCUT2D eigenvalue weighted by atomic mass is 79.9. The Bertz CT molecular complexity index is 437. The molecule has 0 atom stereocenters. The summed E-state index contributed by atoms with van der Waals surface area (Å²) in [4.78, 5) is 0. The first-order valence-electron chi connectivity index (χ1n) is 4.05. The average Bonchev–Trinajstić information content (AvgIpc) is 2.19. The van der Waals surface area contributed by atoms with Crippen molar-refractivity contribution in [1.82, 2.24) is 0 Å². The number of hydrogen-bond acceptors (Lipinski definition) is 0. The molecule has 0 unspecified atom stereocenters. The minimum atomic E-state index is -0.409. The summed E-state index contributed by atoms with van der Waals surface area (Å²) in [6.45, 7) is -0.409. The average molecular weight is 239 g/mol. The van der Waals surface area contributed by atoms with Gasteiger partial charge in [0.2, 0.25) is 0 Å². The van der Waals surface area contributed by atoms with Crippen LogP contribution in [0.4, 0.5) is 4.39 Å². The molecule has 13 heavy (non-hydrogen) atoms. The zero-order chi connectivity index (χ0) is 9.26. The molecule has 0 bridgehead atoms. The van der Waals surface area contributed by atoms with E-state index in [0.717, 1.165) is 20.8 Å². The molecule has 0 aliphatic heterocycles. The Morgan fingerprint density at radius 3 is 2.38 bits per heavy atom. The fraction of sp³-hybridized carbons (Fsp3) is 0.0909. The molecule has 2 aromatic rings. The summed E-state index contributed by atoms with van der Waals surface area (Å²) < 4.78 is 13.6. The van der Waals surface area contributed by atoms with Gasteiger partial charge in [-0.25, -0.2) is 4.39 Å². The van der Waals surface area contributed by atoms with Gasteiger partial charge in [-0.05, 0) is 22.4 Å². The van der Waals surface area contributed by atoms with Gasteiger partial charge in [0.05, 0.1) is 0 Å². The van der Waals surface area contributed by atoms with E-state index in [1.54, 1.807) is 0 Å². The van der Waals surface area contributed by atoms with Crippen LogP contribution >= 0.6 is 15.9 Å². The maximum absolute atomic E-state index is 12.6. The molecule has 0 spiro atoms. The van der Waals surface area contributed by atoms with Crippen LogP contribution in [-0.2, 0) is 6.67 Å². The Balaban J connectivity index is 2.84. The van der Waals surface area contributed by atoms with Crippen molar-refractivity contribution in [3.8, 4) is 0 Å². The van der Waals surface area contributed by atoms with E-state index in [2.05, 4.69) is 15.9 Å². The Labute approximate surface area is 84.5 Å². The maximum atomic E-state index is 12.6. The Morgan fingerprint density at radius 2 is 1.69 bits per heavy atom. The van der Waals surface area contributed by atoms with E-state index >= 15 is 0 Å². The summed E-state index contributed by atoms with van der Waals surface area (Å²) >= 11 is 3.44. The molecule has 2 rings (SSSR count). The molecule has 0 heterocycles. The third-order valence-electron chi connectivity index (χ3n) is 2.11. The molecule has 0 aliphatic rings. The fourth-order valence-corrected chi connectivity index (χ4v) is 1.92. The van der Waals surface area contributed by atoms with Crippen molar-refractivity contribution in [2.45, 2.75) is 6.67 Å². The highest BCUT2D eigenvalue weighted by molar-refractivity contribution is 9.10. The Hall–Kier alpha value is -0.890. The number of alkyl halides is 1. The van der Waals surface area contributed by atoms with Crippen LogP contribution in [-0.4, -0.2) is 0 Å². The standard InChI is InChI=1S/C11H8BrF/c12-11-6-5-8(7-13)9-3-1-2-4-10(9)11/h1-6H,7H2. The molecule has 2 heteroatoms. The molecule has 66 valence electrons. The second-order valence-electron chi connectivity index (χ2n) is 2.89. The van der Waals surface area contributed by atoms with Gasteiger partial charge >= 0.3 is 0 Å². The largest absolute Gasteiger partial charge is 0.246 e. The van der Waals surface area contributed by atoms with E-state index in [1.807, 2.05) is 36.4 Å². The zero-order valence-corrected chi connectivity index (χ0v) is 8.51. The van der Waals surface area contributed by atoms with E-state index in [9.17, 15) is 4.39 Å². The van der Waals surface area contributed by atoms with Crippen LogP contribution in [0, 0.1) is 0 Å². The summed E-state index contributed by atoms with van der Waals surface area (Å²) in [7, 11) is 0. The molecule has 0 N–H and O–H groups in total. The smallest absolute Gasteiger partial charge is 0.115 e. The first-order valence-corrected chi connectivity index (χ1v) is 4.84. The van der Waals surface area contributed by atoms with Crippen molar-refractivity contribution in [3.05, 3.63) is 46.4 Å². The second-order valence-corrected chi connectivity index (χ2v) is 3.74. The van der Waals surface area contributed by atoms with E-state index in [1.165, 1.54) is 0 Å². The van der Waals surface area contributed by atoms with Gasteiger partial charge in [-0.1, -0.05) is 46.3 Å². The molecule has 0 aliphatic carbocycles. The summed E-state index contributed by atoms with van der Waals surface area (Å²) in [5.74, 6) is 0. The number of halogens is 2. The van der Waals surface area contributed by atoms with Crippen molar-refractivity contribution >= 4 is 26.7 Å². The van der Waals surface area contributed by atoms with Crippen molar-refractivity contribution in [1.29, 1.82) is 0 Å². The van der Waals surface area contributed by atoms with Crippen molar-refractivity contribution in [2.75, 3.05) is 0 Å². The predicted octanol–water partition coefficient (Wildman–Crippen LogP) is 4.07. The summed E-state index contributed by atoms with van der Waals surface area (Å²) in [6, 6.07) is 11.5. The van der Waals surface area contributed by atoms with Crippen LogP contribution < -0.4 is 0 Å². The van der Waals surface area contributed by atoms with Crippen LogP contribution in [0.2, 0.25) is 0 Å². The minimum absolute atomic E-state index is 0.409. The number of rotatable bonds is 1. The van der Waals surface area contributed by atoms with Crippen LogP contribution in [0.25, 0.3) is 10.8 Å². The molecule has 0 saturated carbocycles. The maximum Gasteiger partial charge on any atom is 0.115 e. The summed E-state index contributed by atoms with van der Waals surface area (Å²) in [6.07, 6.45) is 0. The van der Waals surface area contributed by atoms with Crippen LogP contribution in [0.3, 0.4) is 0 Å². The zero-order valence-electron chi connectivity index (χ0n) is 6.93. The lowest BCUT2D eigenvalue weighted by Gasteiger charge is -2.04. The Kier molecular flexibility index (Phi) is 2.32. The number of hydrogen-bond donors (Lipinski definition) is 0. The number of benzene rings is 2. The van der Waals surface area contributed by atoms with Crippen molar-refractivity contribution in [2.24, 2.45) is 0 Å². The van der Waals surface area contributed by atoms with Gasteiger partial charge in [0.15, 0.2) is 0 Å². The van der Waals surface area contributed by atoms with Crippen LogP contribution in [0.5, 0.6) is 0 Å². The highest BCUT2D eigenvalue weighted by Crippen LogP contribution is 2.27. The lowest BCUT2D eigenvalue weighted by molar-refractivity contribution is 0.488. The second kappa shape index (κ2) is 3.46. The lowest BCUT2D eigenvalue weighted by Crippen LogP contribution is -1.82. The molecule has 0 aromatic heterocycles. The lowest BCUT2D eigenvalue weighted by atomic mass is 10.1. The first-order chi connectivity index (χ1) is 6.33. The molecular weight excluding hydrogens is 231 g/mol. The van der Waals surface area contributed by atoms with E-state index in [0.29, 0.717) is 0 Å². The molecule has 2 aromatic carbocycles. The van der Waals surface area contributed by atoms with E-state index in [4.69, 9.17) is 0 Å². The Morgan fingerprint density at radius 1 is 1.00 bits per heavy atom. The van der Waals surface area contributed by atoms with Crippen LogP contribution in [0.15, 0.2) is 40.9 Å². The number of fused-ring (bicyclic) bond motifs is 1. The third kappa shape index (κ3) is 1.46. The monoisotopic (exact) mass is 238 g/mol. The van der Waals surface area contributed by atoms with Gasteiger partial charge in [0.25, 0.3) is 0 Å². The quantitative estimate of drug-likeness (QED) is 0.703. The molecule has 0 saturated heterocycles. The summed E-state index contributed by atoms with van der Waals surface area (Å²) in [5, 5.41) is 2.05. The van der Waals surface area contributed by atoms with Gasteiger partial charge < -0.3 is 0 Å². The molecule has 0 radical (unpaired) electrons. The third-order valence-corrected chi connectivity index (χ3v) is 2.80. The predicted molar refractivity (Wildman–Crippen MR) is 56.5 cm³/mol. The van der Waals surface area contributed by atoms with Gasteiger partial charge in [-0.3, -0.25) is 0 Å².